The smallest absolute Gasteiger partial charge is 0.0701 e. The minimum Gasteiger partial charge on any atom is -0.307 e. The quantitative estimate of drug-likeness (QED) is 0.808. The zero-order chi connectivity index (χ0) is 13.2. The maximum absolute atomic E-state index is 3.50. The average Bonchev–Trinajstić information content (AvgIpc) is 2.87. The molecule has 1 nitrogen and oxygen atoms in total. The van der Waals surface area contributed by atoms with Crippen molar-refractivity contribution in [2.45, 2.75) is 39.3 Å². The third-order valence-corrected chi connectivity index (χ3v) is 5.76. The lowest BCUT2D eigenvalue weighted by atomic mass is 9.95. The second-order valence-electron chi connectivity index (χ2n) is 5.33. The summed E-state index contributed by atoms with van der Waals surface area (Å²) in [5.41, 5.74) is 0.265. The van der Waals surface area contributed by atoms with Crippen molar-refractivity contribution in [1.82, 2.24) is 5.32 Å². The average molecular weight is 344 g/mol. The highest BCUT2D eigenvalue weighted by Crippen LogP contribution is 2.29. The van der Waals surface area contributed by atoms with Crippen LogP contribution in [0.15, 0.2) is 28.1 Å². The molecule has 18 heavy (non-hydrogen) atoms. The summed E-state index contributed by atoms with van der Waals surface area (Å²) in [6, 6.07) is 8.76. The third kappa shape index (κ3) is 3.92. The molecule has 0 saturated heterocycles. The molecule has 0 saturated carbocycles. The first kappa shape index (κ1) is 14.3. The van der Waals surface area contributed by atoms with Gasteiger partial charge in [0.25, 0.3) is 0 Å². The Hall–Kier alpha value is -0.160. The van der Waals surface area contributed by atoms with Crippen LogP contribution in [0.4, 0.5) is 0 Å². The molecule has 0 spiro atoms. The maximum Gasteiger partial charge on any atom is 0.0701 e. The van der Waals surface area contributed by atoms with Gasteiger partial charge in [-0.15, -0.1) is 22.7 Å². The van der Waals surface area contributed by atoms with Gasteiger partial charge in [-0.1, -0.05) is 20.8 Å². The Labute approximate surface area is 125 Å². The van der Waals surface area contributed by atoms with Gasteiger partial charge in [0.05, 0.1) is 3.79 Å². The Kier molecular flexibility index (Phi) is 4.64. The largest absolute Gasteiger partial charge is 0.307 e. The topological polar surface area (TPSA) is 12.0 Å². The van der Waals surface area contributed by atoms with Crippen LogP contribution in [0.2, 0.25) is 0 Å². The van der Waals surface area contributed by atoms with Gasteiger partial charge in [-0.25, -0.2) is 0 Å². The maximum atomic E-state index is 3.50. The van der Waals surface area contributed by atoms with Gasteiger partial charge in [0.1, 0.15) is 0 Å². The van der Waals surface area contributed by atoms with Crippen molar-refractivity contribution in [3.05, 3.63) is 42.7 Å². The minimum absolute atomic E-state index is 0.265. The van der Waals surface area contributed by atoms with Crippen LogP contribution in [0.5, 0.6) is 0 Å². The molecule has 4 heteroatoms. The van der Waals surface area contributed by atoms with E-state index < -0.39 is 0 Å². The Bertz CT molecular complexity index is 508. The lowest BCUT2D eigenvalue weighted by Gasteiger charge is -2.15. The van der Waals surface area contributed by atoms with E-state index in [9.17, 15) is 0 Å². The summed E-state index contributed by atoms with van der Waals surface area (Å²) in [5, 5.41) is 3.50. The van der Waals surface area contributed by atoms with E-state index in [4.69, 9.17) is 0 Å². The number of rotatable bonds is 4. The van der Waals surface area contributed by atoms with Crippen molar-refractivity contribution >= 4 is 38.6 Å². The molecule has 0 amide bonds. The van der Waals surface area contributed by atoms with Gasteiger partial charge in [0, 0.05) is 27.7 Å². The predicted octanol–water partition coefficient (Wildman–Crippen LogP) is 5.16. The van der Waals surface area contributed by atoms with E-state index in [1.165, 1.54) is 18.4 Å². The molecule has 0 aromatic carbocycles. The fourth-order valence-corrected chi connectivity index (χ4v) is 4.12. The van der Waals surface area contributed by atoms with Crippen LogP contribution in [0, 0.1) is 0 Å². The molecule has 0 bridgehead atoms. The molecular weight excluding hydrogens is 326 g/mol. The summed E-state index contributed by atoms with van der Waals surface area (Å²) in [6.07, 6.45) is 0. The summed E-state index contributed by atoms with van der Waals surface area (Å²) < 4.78 is 1.20. The van der Waals surface area contributed by atoms with E-state index in [0.717, 1.165) is 13.1 Å². The van der Waals surface area contributed by atoms with Gasteiger partial charge >= 0.3 is 0 Å². The zero-order valence-corrected chi connectivity index (χ0v) is 14.1. The molecule has 2 aromatic rings. The Morgan fingerprint density at radius 3 is 2.11 bits per heavy atom. The van der Waals surface area contributed by atoms with Crippen LogP contribution in [-0.4, -0.2) is 0 Å². The highest BCUT2D eigenvalue weighted by atomic mass is 79.9. The SMILES string of the molecule is CC(C)(C)c1ccc(CNCc2ccc(Br)s2)s1. The Morgan fingerprint density at radius 1 is 1.00 bits per heavy atom. The van der Waals surface area contributed by atoms with Crippen molar-refractivity contribution in [2.75, 3.05) is 0 Å². The second-order valence-corrected chi connectivity index (χ2v) is 9.04. The molecule has 0 aliphatic heterocycles. The summed E-state index contributed by atoms with van der Waals surface area (Å²) in [4.78, 5) is 4.24. The first-order valence-corrected chi connectivity index (χ1v) is 8.42. The van der Waals surface area contributed by atoms with E-state index in [2.05, 4.69) is 66.3 Å². The lowest BCUT2D eigenvalue weighted by molar-refractivity contribution is 0.604. The summed E-state index contributed by atoms with van der Waals surface area (Å²) in [6.45, 7) is 8.69. The summed E-state index contributed by atoms with van der Waals surface area (Å²) in [7, 11) is 0. The first-order valence-electron chi connectivity index (χ1n) is 5.99. The van der Waals surface area contributed by atoms with E-state index in [0.29, 0.717) is 0 Å². The number of hydrogen-bond acceptors (Lipinski definition) is 3. The molecule has 2 rings (SSSR count). The first-order chi connectivity index (χ1) is 8.45. The normalized spacial score (nSPS) is 12.0. The van der Waals surface area contributed by atoms with Crippen molar-refractivity contribution in [1.29, 1.82) is 0 Å². The van der Waals surface area contributed by atoms with Crippen LogP contribution in [0.25, 0.3) is 0 Å². The van der Waals surface area contributed by atoms with Crippen LogP contribution in [0.3, 0.4) is 0 Å². The Balaban J connectivity index is 1.85. The second kappa shape index (κ2) is 5.87. The molecule has 0 unspecified atom stereocenters. The predicted molar refractivity (Wildman–Crippen MR) is 85.6 cm³/mol. The monoisotopic (exact) mass is 343 g/mol. The lowest BCUT2D eigenvalue weighted by Crippen LogP contribution is -2.10. The van der Waals surface area contributed by atoms with E-state index in [-0.39, 0.29) is 5.41 Å². The zero-order valence-electron chi connectivity index (χ0n) is 10.9. The van der Waals surface area contributed by atoms with Gasteiger partial charge in [-0.05, 0) is 45.6 Å². The van der Waals surface area contributed by atoms with Gasteiger partial charge in [0.2, 0.25) is 0 Å². The molecular formula is C14H18BrNS2. The molecule has 0 fully saturated rings. The van der Waals surface area contributed by atoms with E-state index in [1.807, 2.05) is 11.3 Å². The molecule has 2 aromatic heterocycles. The molecule has 2 heterocycles. The number of nitrogens with one attached hydrogen (secondary N) is 1. The van der Waals surface area contributed by atoms with Crippen molar-refractivity contribution in [3.8, 4) is 0 Å². The van der Waals surface area contributed by atoms with Gasteiger partial charge in [-0.3, -0.25) is 0 Å². The van der Waals surface area contributed by atoms with E-state index in [1.54, 1.807) is 11.3 Å². The standard InChI is InChI=1S/C14H18BrNS2/c1-14(2,3)12-6-4-10(17-12)8-16-9-11-5-7-13(15)18-11/h4-7,16H,8-9H2,1-3H3. The Morgan fingerprint density at radius 2 is 1.61 bits per heavy atom. The van der Waals surface area contributed by atoms with Crippen LogP contribution in [0.1, 0.15) is 35.4 Å². The molecule has 0 atom stereocenters. The number of hydrogen-bond donors (Lipinski definition) is 1. The minimum atomic E-state index is 0.265. The highest BCUT2D eigenvalue weighted by molar-refractivity contribution is 9.11. The van der Waals surface area contributed by atoms with E-state index >= 15 is 0 Å². The van der Waals surface area contributed by atoms with Crippen molar-refractivity contribution < 1.29 is 0 Å². The fourth-order valence-electron chi connectivity index (χ4n) is 1.63. The number of halogens is 1. The third-order valence-electron chi connectivity index (χ3n) is 2.63. The summed E-state index contributed by atoms with van der Waals surface area (Å²) >= 11 is 7.19. The van der Waals surface area contributed by atoms with Gasteiger partial charge in [0.15, 0.2) is 0 Å². The van der Waals surface area contributed by atoms with Crippen molar-refractivity contribution in [3.63, 3.8) is 0 Å². The van der Waals surface area contributed by atoms with Crippen LogP contribution in [-0.2, 0) is 18.5 Å². The van der Waals surface area contributed by atoms with Gasteiger partial charge < -0.3 is 5.32 Å². The fraction of sp³-hybridized carbons (Fsp3) is 0.429. The molecule has 98 valence electrons. The molecule has 0 radical (unpaired) electrons. The summed E-state index contributed by atoms with van der Waals surface area (Å²) in [5.74, 6) is 0. The highest BCUT2D eigenvalue weighted by Gasteiger charge is 2.15. The molecule has 0 aliphatic carbocycles. The van der Waals surface area contributed by atoms with Gasteiger partial charge in [-0.2, -0.15) is 0 Å². The molecule has 0 aliphatic rings. The van der Waals surface area contributed by atoms with Crippen LogP contribution >= 0.6 is 38.6 Å². The van der Waals surface area contributed by atoms with Crippen molar-refractivity contribution in [2.24, 2.45) is 0 Å². The number of thiophene rings is 2. The van der Waals surface area contributed by atoms with Crippen LogP contribution < -0.4 is 5.32 Å². The molecule has 1 N–H and O–H groups in total.